The Morgan fingerprint density at radius 1 is 0.850 bits per heavy atom. The molecule has 0 saturated heterocycles. The Morgan fingerprint density at radius 3 is 1.93 bits per heavy atom. The largest absolute Gasteiger partial charge is 0.480 e. The van der Waals surface area contributed by atoms with E-state index in [0.717, 1.165) is 12.8 Å². The van der Waals surface area contributed by atoms with Crippen LogP contribution in [0.1, 0.15) is 113 Å². The normalized spacial score (nSPS) is 11.2. The molecule has 2 rings (SSSR count). The van der Waals surface area contributed by atoms with Crippen molar-refractivity contribution in [2.75, 3.05) is 0 Å². The first kappa shape index (κ1) is 34.7. The third-order valence-electron chi connectivity index (χ3n) is 6.43. The molecule has 222 valence electrons. The quantitative estimate of drug-likeness (QED) is 0.129. The first-order chi connectivity index (χ1) is 19.3. The number of nitrogens with one attached hydrogen (secondary N) is 2. The third-order valence-corrected chi connectivity index (χ3v) is 6.43. The number of pyridine rings is 1. The van der Waals surface area contributed by atoms with E-state index in [1.807, 2.05) is 0 Å². The van der Waals surface area contributed by atoms with Crippen LogP contribution in [-0.2, 0) is 16.0 Å². The van der Waals surface area contributed by atoms with Gasteiger partial charge in [0.15, 0.2) is 0 Å². The van der Waals surface area contributed by atoms with E-state index in [0.29, 0.717) is 17.5 Å². The van der Waals surface area contributed by atoms with Crippen molar-refractivity contribution in [1.29, 1.82) is 0 Å². The SMILES string of the molecule is CCCCCCCCCCCCCCCC(=O)NNC(=O)c1ccncc1.NC(Cc1cccc(F)c1)C(=O)O. The average Bonchev–Trinajstić information content (AvgIpc) is 2.95. The predicted molar refractivity (Wildman–Crippen MR) is 156 cm³/mol. The number of hydrogen-bond donors (Lipinski definition) is 4. The second-order valence-corrected chi connectivity index (χ2v) is 10.0. The van der Waals surface area contributed by atoms with E-state index in [-0.39, 0.29) is 24.1 Å². The number of carboxylic acids is 1. The first-order valence-electron chi connectivity index (χ1n) is 14.6. The van der Waals surface area contributed by atoms with Crippen molar-refractivity contribution in [3.63, 3.8) is 0 Å². The molecule has 0 aliphatic rings. The minimum Gasteiger partial charge on any atom is -0.480 e. The van der Waals surface area contributed by atoms with Crippen LogP contribution in [0.3, 0.4) is 0 Å². The van der Waals surface area contributed by atoms with Crippen molar-refractivity contribution in [3.8, 4) is 0 Å². The van der Waals surface area contributed by atoms with Crippen LogP contribution in [0.25, 0.3) is 0 Å². The van der Waals surface area contributed by atoms with Gasteiger partial charge in [0, 0.05) is 24.4 Å². The summed E-state index contributed by atoms with van der Waals surface area (Å²) in [7, 11) is 0. The second kappa shape index (κ2) is 22.5. The van der Waals surface area contributed by atoms with Gasteiger partial charge in [-0.05, 0) is 42.7 Å². The van der Waals surface area contributed by atoms with Crippen molar-refractivity contribution in [1.82, 2.24) is 15.8 Å². The zero-order chi connectivity index (χ0) is 29.4. The highest BCUT2D eigenvalue weighted by Gasteiger charge is 2.12. The molecular weight excluding hydrogens is 511 g/mol. The number of aromatic nitrogens is 1. The highest BCUT2D eigenvalue weighted by atomic mass is 19.1. The van der Waals surface area contributed by atoms with E-state index in [9.17, 15) is 18.8 Å². The maximum atomic E-state index is 12.6. The molecule has 0 spiro atoms. The summed E-state index contributed by atoms with van der Waals surface area (Å²) in [4.78, 5) is 37.8. The molecule has 0 fully saturated rings. The molecule has 1 atom stereocenters. The molecule has 1 aromatic carbocycles. The highest BCUT2D eigenvalue weighted by Crippen LogP contribution is 2.13. The molecule has 0 aliphatic carbocycles. The molecule has 1 unspecified atom stereocenters. The molecule has 2 aromatic rings. The predicted octanol–water partition coefficient (Wildman–Crippen LogP) is 6.10. The van der Waals surface area contributed by atoms with Gasteiger partial charge in [0.1, 0.15) is 11.9 Å². The van der Waals surface area contributed by atoms with Crippen LogP contribution in [0, 0.1) is 5.82 Å². The fourth-order valence-electron chi connectivity index (χ4n) is 4.07. The lowest BCUT2D eigenvalue weighted by Crippen LogP contribution is -2.41. The van der Waals surface area contributed by atoms with Gasteiger partial charge in [-0.1, -0.05) is 96.1 Å². The fraction of sp³-hybridized carbons (Fsp3) is 0.548. The van der Waals surface area contributed by atoms with Gasteiger partial charge >= 0.3 is 5.97 Å². The number of carboxylic acid groups (broad SMARTS) is 1. The summed E-state index contributed by atoms with van der Waals surface area (Å²) in [5.41, 5.74) is 11.2. The number of halogens is 1. The summed E-state index contributed by atoms with van der Waals surface area (Å²) >= 11 is 0. The van der Waals surface area contributed by atoms with Crippen LogP contribution in [0.4, 0.5) is 4.39 Å². The molecule has 0 saturated carbocycles. The molecule has 9 heteroatoms. The number of nitrogens with zero attached hydrogens (tertiary/aromatic N) is 1. The van der Waals surface area contributed by atoms with Crippen molar-refractivity contribution in [3.05, 3.63) is 65.7 Å². The van der Waals surface area contributed by atoms with Crippen LogP contribution < -0.4 is 16.6 Å². The van der Waals surface area contributed by atoms with Crippen LogP contribution in [0.2, 0.25) is 0 Å². The summed E-state index contributed by atoms with van der Waals surface area (Å²) in [5.74, 6) is -1.92. The van der Waals surface area contributed by atoms with E-state index >= 15 is 0 Å². The van der Waals surface area contributed by atoms with Gasteiger partial charge < -0.3 is 10.8 Å². The molecule has 2 amide bonds. The van der Waals surface area contributed by atoms with Gasteiger partial charge in [-0.3, -0.25) is 30.2 Å². The van der Waals surface area contributed by atoms with Gasteiger partial charge in [0.25, 0.3) is 5.91 Å². The summed E-state index contributed by atoms with van der Waals surface area (Å²) in [6.45, 7) is 2.26. The number of hydrazine groups is 1. The van der Waals surface area contributed by atoms with Crippen molar-refractivity contribution < 1.29 is 23.9 Å². The van der Waals surface area contributed by atoms with Crippen molar-refractivity contribution >= 4 is 17.8 Å². The molecule has 40 heavy (non-hydrogen) atoms. The number of carbonyl (C=O) groups excluding carboxylic acids is 2. The minimum absolute atomic E-state index is 0.138. The van der Waals surface area contributed by atoms with Gasteiger partial charge in [0.05, 0.1) is 0 Å². The van der Waals surface area contributed by atoms with E-state index in [2.05, 4.69) is 22.8 Å². The Morgan fingerprint density at radius 2 is 1.40 bits per heavy atom. The number of aliphatic carboxylic acids is 1. The molecular formula is C31H47FN4O4. The maximum Gasteiger partial charge on any atom is 0.320 e. The zero-order valence-electron chi connectivity index (χ0n) is 23.9. The number of amides is 2. The lowest BCUT2D eigenvalue weighted by atomic mass is 10.0. The van der Waals surface area contributed by atoms with E-state index in [1.54, 1.807) is 30.6 Å². The zero-order valence-corrected chi connectivity index (χ0v) is 23.9. The van der Waals surface area contributed by atoms with Gasteiger partial charge in [-0.2, -0.15) is 0 Å². The number of benzene rings is 1. The molecule has 0 bridgehead atoms. The summed E-state index contributed by atoms with van der Waals surface area (Å²) in [6.07, 6.45) is 20.4. The smallest absolute Gasteiger partial charge is 0.320 e. The Labute approximate surface area is 238 Å². The summed E-state index contributed by atoms with van der Waals surface area (Å²) < 4.78 is 12.6. The number of nitrogens with two attached hydrogens (primary N) is 1. The standard InChI is InChI=1S/C22H37N3O2.C9H10FNO2/c1-2-3-4-5-6-7-8-9-10-11-12-13-14-15-21(26)24-25-22(27)20-16-18-23-19-17-20;10-7-3-1-2-6(4-7)5-8(11)9(12)13/h16-19H,2-15H2,1H3,(H,24,26)(H,25,27);1-4,8H,5,11H2,(H,12,13). The van der Waals surface area contributed by atoms with Crippen LogP contribution in [-0.4, -0.2) is 33.9 Å². The molecule has 1 aromatic heterocycles. The van der Waals surface area contributed by atoms with Crippen molar-refractivity contribution in [2.45, 2.75) is 109 Å². The topological polar surface area (TPSA) is 134 Å². The van der Waals surface area contributed by atoms with Gasteiger partial charge in [0.2, 0.25) is 5.91 Å². The van der Waals surface area contributed by atoms with Crippen molar-refractivity contribution in [2.24, 2.45) is 5.73 Å². The monoisotopic (exact) mass is 558 g/mol. The number of rotatable bonds is 18. The summed E-state index contributed by atoms with van der Waals surface area (Å²) in [6, 6.07) is 7.99. The Bertz CT molecular complexity index is 975. The minimum atomic E-state index is -1.08. The Kier molecular flexibility index (Phi) is 19.5. The van der Waals surface area contributed by atoms with E-state index in [4.69, 9.17) is 10.8 Å². The molecule has 0 aliphatic heterocycles. The Hall–Kier alpha value is -3.33. The fourth-order valence-corrected chi connectivity index (χ4v) is 4.07. The Balaban J connectivity index is 0.000000512. The van der Waals surface area contributed by atoms with Gasteiger partial charge in [-0.25, -0.2) is 4.39 Å². The average molecular weight is 559 g/mol. The number of hydrogen-bond acceptors (Lipinski definition) is 5. The lowest BCUT2D eigenvalue weighted by Gasteiger charge is -2.07. The van der Waals surface area contributed by atoms with Gasteiger partial charge in [-0.15, -0.1) is 0 Å². The highest BCUT2D eigenvalue weighted by molar-refractivity contribution is 5.95. The van der Waals surface area contributed by atoms with Crippen LogP contribution in [0.5, 0.6) is 0 Å². The van der Waals surface area contributed by atoms with E-state index < -0.39 is 12.0 Å². The third kappa shape index (κ3) is 18.0. The maximum absolute atomic E-state index is 12.6. The molecule has 1 heterocycles. The summed E-state index contributed by atoms with van der Waals surface area (Å²) in [5, 5.41) is 8.49. The molecule has 0 radical (unpaired) electrons. The molecule has 8 nitrogen and oxygen atoms in total. The first-order valence-corrected chi connectivity index (χ1v) is 14.6. The number of unbranched alkanes of at least 4 members (excludes halogenated alkanes) is 12. The van der Waals surface area contributed by atoms with E-state index in [1.165, 1.54) is 88.8 Å². The molecule has 5 N–H and O–H groups in total. The lowest BCUT2D eigenvalue weighted by molar-refractivity contribution is -0.138. The van der Waals surface area contributed by atoms with Crippen LogP contribution >= 0.6 is 0 Å². The van der Waals surface area contributed by atoms with Crippen LogP contribution in [0.15, 0.2) is 48.8 Å². The number of carbonyl (C=O) groups is 3. The second-order valence-electron chi connectivity index (χ2n) is 10.0.